The molecule has 0 aromatic carbocycles. The fraction of sp³-hybridized carbons (Fsp3) is 0.875. The van der Waals surface area contributed by atoms with Crippen molar-refractivity contribution in [3.63, 3.8) is 0 Å². The highest BCUT2D eigenvalue weighted by atomic mass is 16.2. The molecule has 0 spiro atoms. The Labute approximate surface area is 129 Å². The van der Waals surface area contributed by atoms with Gasteiger partial charge in [0.25, 0.3) is 0 Å². The Morgan fingerprint density at radius 3 is 2.33 bits per heavy atom. The van der Waals surface area contributed by atoms with Crippen molar-refractivity contribution in [3.05, 3.63) is 0 Å². The Hall–Kier alpha value is -1.10. The van der Waals surface area contributed by atoms with E-state index in [1.807, 2.05) is 13.8 Å². The molecule has 1 atom stereocenters. The molecule has 0 radical (unpaired) electrons. The third-order valence-electron chi connectivity index (χ3n) is 3.35. The first-order valence-corrected chi connectivity index (χ1v) is 8.19. The van der Waals surface area contributed by atoms with Crippen molar-refractivity contribution in [2.45, 2.75) is 53.4 Å². The molecule has 5 heteroatoms. The maximum atomic E-state index is 12.4. The standard InChI is InChI=1S/C16H33N3O2/c1-5-7-18-15(20)12-19(8-6-2)16(21)10-14(11-17)9-13(3)4/h13-14H,5-12,17H2,1-4H3,(H,18,20). The zero-order valence-electron chi connectivity index (χ0n) is 14.2. The fourth-order valence-electron chi connectivity index (χ4n) is 2.36. The topological polar surface area (TPSA) is 75.4 Å². The van der Waals surface area contributed by atoms with Crippen LogP contribution in [0.4, 0.5) is 0 Å². The zero-order valence-corrected chi connectivity index (χ0v) is 14.2. The molecule has 0 saturated heterocycles. The monoisotopic (exact) mass is 299 g/mol. The highest BCUT2D eigenvalue weighted by molar-refractivity contribution is 5.84. The third kappa shape index (κ3) is 9.45. The van der Waals surface area contributed by atoms with Crippen LogP contribution in [0.1, 0.15) is 53.4 Å². The summed E-state index contributed by atoms with van der Waals surface area (Å²) in [6.45, 7) is 10.2. The molecule has 0 heterocycles. The second kappa shape index (κ2) is 11.5. The average molecular weight is 299 g/mol. The second-order valence-corrected chi connectivity index (χ2v) is 6.10. The smallest absolute Gasteiger partial charge is 0.239 e. The van der Waals surface area contributed by atoms with Crippen LogP contribution in [0.5, 0.6) is 0 Å². The van der Waals surface area contributed by atoms with Crippen LogP contribution in [0, 0.1) is 11.8 Å². The number of hydrogen-bond donors (Lipinski definition) is 2. The largest absolute Gasteiger partial charge is 0.355 e. The molecular weight excluding hydrogens is 266 g/mol. The Morgan fingerprint density at radius 1 is 1.19 bits per heavy atom. The number of nitrogens with two attached hydrogens (primary N) is 1. The van der Waals surface area contributed by atoms with Gasteiger partial charge in [-0.05, 0) is 37.6 Å². The lowest BCUT2D eigenvalue weighted by atomic mass is 9.93. The molecule has 0 saturated carbocycles. The predicted molar refractivity (Wildman–Crippen MR) is 86.8 cm³/mol. The molecular formula is C16H33N3O2. The maximum Gasteiger partial charge on any atom is 0.239 e. The lowest BCUT2D eigenvalue weighted by molar-refractivity contribution is -0.136. The van der Waals surface area contributed by atoms with Gasteiger partial charge in [-0.25, -0.2) is 0 Å². The molecule has 0 aromatic heterocycles. The van der Waals surface area contributed by atoms with Gasteiger partial charge in [0, 0.05) is 19.5 Å². The van der Waals surface area contributed by atoms with E-state index in [9.17, 15) is 9.59 Å². The van der Waals surface area contributed by atoms with E-state index in [1.54, 1.807) is 4.90 Å². The number of nitrogens with one attached hydrogen (secondary N) is 1. The Kier molecular flexibility index (Phi) is 10.9. The minimum atomic E-state index is -0.0770. The number of hydrogen-bond acceptors (Lipinski definition) is 3. The molecule has 124 valence electrons. The number of carbonyl (C=O) groups excluding carboxylic acids is 2. The molecule has 21 heavy (non-hydrogen) atoms. The Bertz CT molecular complexity index is 306. The van der Waals surface area contributed by atoms with Crippen LogP contribution < -0.4 is 11.1 Å². The first kappa shape index (κ1) is 19.9. The van der Waals surface area contributed by atoms with Crippen LogP contribution in [-0.2, 0) is 9.59 Å². The van der Waals surface area contributed by atoms with Gasteiger partial charge in [-0.15, -0.1) is 0 Å². The maximum absolute atomic E-state index is 12.4. The van der Waals surface area contributed by atoms with E-state index in [2.05, 4.69) is 19.2 Å². The molecule has 0 aliphatic rings. The van der Waals surface area contributed by atoms with Gasteiger partial charge in [0.05, 0.1) is 6.54 Å². The van der Waals surface area contributed by atoms with Crippen molar-refractivity contribution in [2.24, 2.45) is 17.6 Å². The summed E-state index contributed by atoms with van der Waals surface area (Å²) in [4.78, 5) is 25.8. The highest BCUT2D eigenvalue weighted by Gasteiger charge is 2.20. The van der Waals surface area contributed by atoms with Crippen molar-refractivity contribution < 1.29 is 9.59 Å². The first-order valence-electron chi connectivity index (χ1n) is 8.19. The zero-order chi connectivity index (χ0) is 16.3. The van der Waals surface area contributed by atoms with E-state index in [0.717, 1.165) is 19.3 Å². The quantitative estimate of drug-likeness (QED) is 0.610. The van der Waals surface area contributed by atoms with Crippen molar-refractivity contribution >= 4 is 11.8 Å². The molecule has 0 aromatic rings. The van der Waals surface area contributed by atoms with Crippen LogP contribution in [0.25, 0.3) is 0 Å². The third-order valence-corrected chi connectivity index (χ3v) is 3.35. The minimum absolute atomic E-state index is 0.0413. The molecule has 5 nitrogen and oxygen atoms in total. The van der Waals surface area contributed by atoms with Gasteiger partial charge in [-0.3, -0.25) is 9.59 Å². The molecule has 0 fully saturated rings. The summed E-state index contributed by atoms with van der Waals surface area (Å²) in [5.74, 6) is 0.695. The van der Waals surface area contributed by atoms with E-state index in [0.29, 0.717) is 32.0 Å². The van der Waals surface area contributed by atoms with Crippen LogP contribution in [0.15, 0.2) is 0 Å². The average Bonchev–Trinajstić information content (AvgIpc) is 2.43. The number of amides is 2. The number of rotatable bonds is 11. The number of nitrogens with zero attached hydrogens (tertiary/aromatic N) is 1. The van der Waals surface area contributed by atoms with E-state index >= 15 is 0 Å². The second-order valence-electron chi connectivity index (χ2n) is 6.10. The molecule has 2 amide bonds. The Balaban J connectivity index is 4.48. The molecule has 1 unspecified atom stereocenters. The summed E-state index contributed by atoms with van der Waals surface area (Å²) < 4.78 is 0. The van der Waals surface area contributed by atoms with Crippen molar-refractivity contribution in [3.8, 4) is 0 Å². The van der Waals surface area contributed by atoms with Gasteiger partial charge in [0.15, 0.2) is 0 Å². The summed E-state index contributed by atoms with van der Waals surface area (Å²) >= 11 is 0. The van der Waals surface area contributed by atoms with Crippen LogP contribution >= 0.6 is 0 Å². The SMILES string of the molecule is CCCNC(=O)CN(CCC)C(=O)CC(CN)CC(C)C. The van der Waals surface area contributed by atoms with Crippen LogP contribution in [0.3, 0.4) is 0 Å². The first-order chi connectivity index (χ1) is 9.94. The summed E-state index contributed by atoms with van der Waals surface area (Å²) in [6.07, 6.45) is 3.14. The molecule has 3 N–H and O–H groups in total. The molecule has 0 rings (SSSR count). The summed E-state index contributed by atoms with van der Waals surface area (Å²) in [7, 11) is 0. The van der Waals surface area contributed by atoms with E-state index in [4.69, 9.17) is 5.73 Å². The van der Waals surface area contributed by atoms with Gasteiger partial charge in [0.1, 0.15) is 0 Å². The van der Waals surface area contributed by atoms with Gasteiger partial charge >= 0.3 is 0 Å². The van der Waals surface area contributed by atoms with Crippen molar-refractivity contribution in [1.82, 2.24) is 10.2 Å². The lowest BCUT2D eigenvalue weighted by Crippen LogP contribution is -2.42. The molecule has 0 bridgehead atoms. The predicted octanol–water partition coefficient (Wildman–Crippen LogP) is 1.76. The summed E-state index contributed by atoms with van der Waals surface area (Å²) in [5, 5.41) is 2.82. The van der Waals surface area contributed by atoms with Gasteiger partial charge in [-0.2, -0.15) is 0 Å². The van der Waals surface area contributed by atoms with Crippen molar-refractivity contribution in [2.75, 3.05) is 26.2 Å². The molecule has 0 aliphatic heterocycles. The fourth-order valence-corrected chi connectivity index (χ4v) is 2.36. The minimum Gasteiger partial charge on any atom is -0.355 e. The van der Waals surface area contributed by atoms with Gasteiger partial charge in [-0.1, -0.05) is 27.7 Å². The van der Waals surface area contributed by atoms with E-state index < -0.39 is 0 Å². The van der Waals surface area contributed by atoms with E-state index in [1.165, 1.54) is 0 Å². The van der Waals surface area contributed by atoms with Gasteiger partial charge in [0.2, 0.25) is 11.8 Å². The van der Waals surface area contributed by atoms with E-state index in [-0.39, 0.29) is 24.3 Å². The van der Waals surface area contributed by atoms with Gasteiger partial charge < -0.3 is 16.0 Å². The van der Waals surface area contributed by atoms with Crippen LogP contribution in [0.2, 0.25) is 0 Å². The lowest BCUT2D eigenvalue weighted by Gasteiger charge is -2.24. The summed E-state index contributed by atoms with van der Waals surface area (Å²) in [5.41, 5.74) is 5.76. The number of carbonyl (C=O) groups is 2. The van der Waals surface area contributed by atoms with Crippen molar-refractivity contribution in [1.29, 1.82) is 0 Å². The molecule has 0 aliphatic carbocycles. The summed E-state index contributed by atoms with van der Waals surface area (Å²) in [6, 6.07) is 0. The van der Waals surface area contributed by atoms with Crippen LogP contribution in [-0.4, -0.2) is 42.9 Å². The Morgan fingerprint density at radius 2 is 1.86 bits per heavy atom. The highest BCUT2D eigenvalue weighted by Crippen LogP contribution is 2.15. The normalized spacial score (nSPS) is 12.3.